The zero-order valence-corrected chi connectivity index (χ0v) is 12.5. The first kappa shape index (κ1) is 15.0. The number of anilines is 1. The van der Waals surface area contributed by atoms with E-state index < -0.39 is 23.2 Å². The fourth-order valence-corrected chi connectivity index (χ4v) is 2.52. The van der Waals surface area contributed by atoms with Gasteiger partial charge in [-0.05, 0) is 37.3 Å². The molecule has 0 aliphatic carbocycles. The number of aromatic nitrogens is 1. The molecule has 3 aromatic rings. The number of H-pyrrole nitrogens is 1. The predicted octanol–water partition coefficient (Wildman–Crippen LogP) is 4.02. The Morgan fingerprint density at radius 3 is 2.52 bits per heavy atom. The highest BCUT2D eigenvalue weighted by Gasteiger charge is 2.19. The molecule has 0 aliphatic rings. The number of aromatic amines is 1. The van der Waals surface area contributed by atoms with Crippen molar-refractivity contribution in [1.29, 1.82) is 0 Å². The summed E-state index contributed by atoms with van der Waals surface area (Å²) in [4.78, 5) is 15.6. The van der Waals surface area contributed by atoms with E-state index in [-0.39, 0.29) is 0 Å². The quantitative estimate of drug-likeness (QED) is 0.767. The Morgan fingerprint density at radius 1 is 1.17 bits per heavy atom. The minimum atomic E-state index is -0.826. The van der Waals surface area contributed by atoms with Crippen LogP contribution in [0.3, 0.4) is 0 Å². The zero-order chi connectivity index (χ0) is 16.6. The number of halogens is 2. The summed E-state index contributed by atoms with van der Waals surface area (Å²) in [5.74, 6) is -1.66. The first-order valence-electron chi connectivity index (χ1n) is 6.93. The van der Waals surface area contributed by atoms with Crippen LogP contribution in [0.5, 0.6) is 5.75 Å². The summed E-state index contributed by atoms with van der Waals surface area (Å²) in [6.07, 6.45) is 0. The molecule has 2 aromatic carbocycles. The number of fused-ring (bicyclic) bond motifs is 1. The molecule has 0 bridgehead atoms. The molecular formula is C17H14F2N2O2. The minimum Gasteiger partial charge on any atom is -0.497 e. The summed E-state index contributed by atoms with van der Waals surface area (Å²) in [6.45, 7) is 1.72. The minimum absolute atomic E-state index is 0.321. The molecule has 2 N–H and O–H groups in total. The van der Waals surface area contributed by atoms with Crippen molar-refractivity contribution in [3.63, 3.8) is 0 Å². The molecule has 4 nitrogen and oxygen atoms in total. The third-order valence-electron chi connectivity index (χ3n) is 3.62. The number of hydrogen-bond acceptors (Lipinski definition) is 2. The van der Waals surface area contributed by atoms with Gasteiger partial charge in [-0.25, -0.2) is 8.78 Å². The molecule has 0 saturated carbocycles. The molecule has 0 spiro atoms. The predicted molar refractivity (Wildman–Crippen MR) is 83.9 cm³/mol. The van der Waals surface area contributed by atoms with Crippen LogP contribution in [-0.2, 0) is 0 Å². The van der Waals surface area contributed by atoms with Gasteiger partial charge in [0.15, 0.2) is 0 Å². The number of rotatable bonds is 3. The van der Waals surface area contributed by atoms with E-state index in [4.69, 9.17) is 4.74 Å². The lowest BCUT2D eigenvalue weighted by molar-refractivity contribution is 0.102. The van der Waals surface area contributed by atoms with Gasteiger partial charge in [-0.15, -0.1) is 0 Å². The maximum atomic E-state index is 13.7. The van der Waals surface area contributed by atoms with Crippen LogP contribution in [0.25, 0.3) is 10.9 Å². The second kappa shape index (κ2) is 5.72. The zero-order valence-electron chi connectivity index (χ0n) is 12.5. The molecule has 6 heteroatoms. The summed E-state index contributed by atoms with van der Waals surface area (Å²) < 4.78 is 32.6. The molecule has 1 amide bonds. The second-order valence-electron chi connectivity index (χ2n) is 5.09. The number of carbonyl (C=O) groups excluding carboxylic acids is 1. The standard InChI is InChI=1S/C17H14F2N2O2/c1-9-15(11-8-10(23-2)6-7-14(11)20-9)17(22)21-16-12(18)4-3-5-13(16)19/h3-8,20H,1-2H3,(H,21,22). The molecule has 0 saturated heterocycles. The molecule has 0 atom stereocenters. The van der Waals surface area contributed by atoms with E-state index >= 15 is 0 Å². The van der Waals surface area contributed by atoms with Gasteiger partial charge in [0.25, 0.3) is 5.91 Å². The molecule has 1 heterocycles. The molecule has 0 fully saturated rings. The number of methoxy groups -OCH3 is 1. The Balaban J connectivity index is 2.05. The van der Waals surface area contributed by atoms with E-state index in [9.17, 15) is 13.6 Å². The van der Waals surface area contributed by atoms with Crippen molar-refractivity contribution in [3.8, 4) is 5.75 Å². The van der Waals surface area contributed by atoms with Crippen molar-refractivity contribution in [2.75, 3.05) is 12.4 Å². The van der Waals surface area contributed by atoms with Crippen LogP contribution in [0.4, 0.5) is 14.5 Å². The van der Waals surface area contributed by atoms with Crippen molar-refractivity contribution in [2.45, 2.75) is 6.92 Å². The number of aryl methyl sites for hydroxylation is 1. The van der Waals surface area contributed by atoms with Crippen LogP contribution in [0.1, 0.15) is 16.1 Å². The van der Waals surface area contributed by atoms with E-state index in [1.54, 1.807) is 25.1 Å². The monoisotopic (exact) mass is 316 g/mol. The largest absolute Gasteiger partial charge is 0.497 e. The average Bonchev–Trinajstić information content (AvgIpc) is 2.85. The Morgan fingerprint density at radius 2 is 1.87 bits per heavy atom. The smallest absolute Gasteiger partial charge is 0.258 e. The Kier molecular flexibility index (Phi) is 3.73. The summed E-state index contributed by atoms with van der Waals surface area (Å²) >= 11 is 0. The van der Waals surface area contributed by atoms with Crippen molar-refractivity contribution >= 4 is 22.5 Å². The van der Waals surface area contributed by atoms with Gasteiger partial charge >= 0.3 is 0 Å². The van der Waals surface area contributed by atoms with Gasteiger partial charge in [-0.3, -0.25) is 4.79 Å². The van der Waals surface area contributed by atoms with Crippen molar-refractivity contribution in [3.05, 3.63) is 59.3 Å². The Hall–Kier alpha value is -2.89. The van der Waals surface area contributed by atoms with Gasteiger partial charge in [0, 0.05) is 16.6 Å². The SMILES string of the molecule is COc1ccc2[nH]c(C)c(C(=O)Nc3c(F)cccc3F)c2c1. The van der Waals surface area contributed by atoms with E-state index in [1.807, 2.05) is 0 Å². The third kappa shape index (κ3) is 2.63. The van der Waals surface area contributed by atoms with Crippen molar-refractivity contribution in [1.82, 2.24) is 4.98 Å². The number of amides is 1. The fraction of sp³-hybridized carbons (Fsp3) is 0.118. The van der Waals surface area contributed by atoms with E-state index in [1.165, 1.54) is 13.2 Å². The number of para-hydroxylation sites is 1. The number of hydrogen-bond donors (Lipinski definition) is 2. The number of nitrogens with one attached hydrogen (secondary N) is 2. The first-order valence-corrected chi connectivity index (χ1v) is 6.93. The molecule has 3 rings (SSSR count). The molecular weight excluding hydrogens is 302 g/mol. The van der Waals surface area contributed by atoms with Gasteiger partial charge < -0.3 is 15.0 Å². The lowest BCUT2D eigenvalue weighted by Crippen LogP contribution is -2.15. The number of carbonyl (C=O) groups is 1. The van der Waals surface area contributed by atoms with Crippen molar-refractivity contribution in [2.24, 2.45) is 0 Å². The van der Waals surface area contributed by atoms with E-state index in [0.717, 1.165) is 17.6 Å². The summed E-state index contributed by atoms with van der Waals surface area (Å²) in [5.41, 5.74) is 1.20. The summed E-state index contributed by atoms with van der Waals surface area (Å²) in [6, 6.07) is 8.65. The Labute approximate surface area is 131 Å². The van der Waals surface area contributed by atoms with Crippen LogP contribution in [-0.4, -0.2) is 18.0 Å². The number of benzene rings is 2. The number of ether oxygens (including phenoxy) is 1. The maximum Gasteiger partial charge on any atom is 0.258 e. The van der Waals surface area contributed by atoms with Gasteiger partial charge in [-0.1, -0.05) is 6.07 Å². The Bertz CT molecular complexity index is 883. The van der Waals surface area contributed by atoms with Crippen LogP contribution < -0.4 is 10.1 Å². The maximum absolute atomic E-state index is 13.7. The highest BCUT2D eigenvalue weighted by atomic mass is 19.1. The lowest BCUT2D eigenvalue weighted by atomic mass is 10.1. The molecule has 0 aliphatic heterocycles. The van der Waals surface area contributed by atoms with Crippen LogP contribution in [0.15, 0.2) is 36.4 Å². The van der Waals surface area contributed by atoms with Gasteiger partial charge in [0.05, 0.1) is 12.7 Å². The summed E-state index contributed by atoms with van der Waals surface area (Å²) in [7, 11) is 1.52. The lowest BCUT2D eigenvalue weighted by Gasteiger charge is -2.08. The average molecular weight is 316 g/mol. The second-order valence-corrected chi connectivity index (χ2v) is 5.09. The summed E-state index contributed by atoms with van der Waals surface area (Å²) in [5, 5.41) is 2.92. The first-order chi connectivity index (χ1) is 11.0. The van der Waals surface area contributed by atoms with Gasteiger partial charge in [0.1, 0.15) is 23.1 Å². The third-order valence-corrected chi connectivity index (χ3v) is 3.62. The molecule has 0 unspecified atom stereocenters. The molecule has 23 heavy (non-hydrogen) atoms. The van der Waals surface area contributed by atoms with Crippen LogP contribution >= 0.6 is 0 Å². The fourth-order valence-electron chi connectivity index (χ4n) is 2.52. The van der Waals surface area contributed by atoms with E-state index in [0.29, 0.717) is 22.4 Å². The topological polar surface area (TPSA) is 54.1 Å². The highest BCUT2D eigenvalue weighted by molar-refractivity contribution is 6.14. The van der Waals surface area contributed by atoms with Crippen LogP contribution in [0, 0.1) is 18.6 Å². The molecule has 0 radical (unpaired) electrons. The van der Waals surface area contributed by atoms with Crippen LogP contribution in [0.2, 0.25) is 0 Å². The molecule has 118 valence electrons. The van der Waals surface area contributed by atoms with Gasteiger partial charge in [0.2, 0.25) is 0 Å². The normalized spacial score (nSPS) is 10.8. The van der Waals surface area contributed by atoms with Crippen molar-refractivity contribution < 1.29 is 18.3 Å². The van der Waals surface area contributed by atoms with Gasteiger partial charge in [-0.2, -0.15) is 0 Å². The van der Waals surface area contributed by atoms with E-state index in [2.05, 4.69) is 10.3 Å². The highest BCUT2D eigenvalue weighted by Crippen LogP contribution is 2.28. The molecule has 1 aromatic heterocycles.